The minimum absolute atomic E-state index is 0.790. The Kier molecular flexibility index (Phi) is 4.78. The van der Waals surface area contributed by atoms with Crippen molar-refractivity contribution in [2.75, 3.05) is 31.1 Å². The van der Waals surface area contributed by atoms with Crippen LogP contribution in [0.2, 0.25) is 5.02 Å². The topological polar surface area (TPSA) is 19.4 Å². The Hall–Kier alpha value is -1.10. The van der Waals surface area contributed by atoms with Gasteiger partial charge in [-0.05, 0) is 52.3 Å². The number of halogens is 2. The molecule has 0 unspecified atom stereocenters. The molecule has 1 aliphatic heterocycles. The van der Waals surface area contributed by atoms with Gasteiger partial charge in [0.2, 0.25) is 0 Å². The molecule has 1 fully saturated rings. The van der Waals surface area contributed by atoms with Gasteiger partial charge in [-0.25, -0.2) is 0 Å². The predicted octanol–water partition coefficient (Wildman–Crippen LogP) is 3.82. The lowest BCUT2D eigenvalue weighted by molar-refractivity contribution is 0.247. The van der Waals surface area contributed by atoms with E-state index in [1.807, 2.05) is 24.4 Å². The monoisotopic (exact) mass is 365 g/mol. The van der Waals surface area contributed by atoms with Crippen LogP contribution in [-0.4, -0.2) is 36.1 Å². The van der Waals surface area contributed by atoms with Crippen LogP contribution in [0.5, 0.6) is 0 Å². The average molecular weight is 367 g/mol. The van der Waals surface area contributed by atoms with Gasteiger partial charge in [0, 0.05) is 54.1 Å². The van der Waals surface area contributed by atoms with Gasteiger partial charge in [0.05, 0.1) is 5.69 Å². The molecule has 0 N–H and O–H groups in total. The molecule has 2 aromatic rings. The summed E-state index contributed by atoms with van der Waals surface area (Å²) in [5, 5.41) is 0.790. The quantitative estimate of drug-likeness (QED) is 0.823. The van der Waals surface area contributed by atoms with Crippen molar-refractivity contribution in [1.82, 2.24) is 9.88 Å². The van der Waals surface area contributed by atoms with Crippen molar-refractivity contribution in [3.8, 4) is 0 Å². The van der Waals surface area contributed by atoms with Crippen LogP contribution in [-0.2, 0) is 6.54 Å². The lowest BCUT2D eigenvalue weighted by Gasteiger charge is -2.36. The van der Waals surface area contributed by atoms with E-state index in [4.69, 9.17) is 11.6 Å². The smallest absolute Gasteiger partial charge is 0.0544 e. The highest BCUT2D eigenvalue weighted by Crippen LogP contribution is 2.20. The zero-order valence-electron chi connectivity index (χ0n) is 11.7. The number of piperazine rings is 1. The lowest BCUT2D eigenvalue weighted by atomic mass is 10.2. The largest absolute Gasteiger partial charge is 0.369 e. The zero-order chi connectivity index (χ0) is 14.7. The van der Waals surface area contributed by atoms with Gasteiger partial charge in [0.1, 0.15) is 0 Å². The average Bonchev–Trinajstić information content (AvgIpc) is 2.51. The molecular formula is C16H17BrClN3. The van der Waals surface area contributed by atoms with Gasteiger partial charge in [-0.15, -0.1) is 0 Å². The van der Waals surface area contributed by atoms with E-state index in [-0.39, 0.29) is 0 Å². The molecule has 0 radical (unpaired) electrons. The summed E-state index contributed by atoms with van der Waals surface area (Å²) in [6.07, 6.45) is 1.86. The van der Waals surface area contributed by atoms with Crippen LogP contribution < -0.4 is 4.90 Å². The summed E-state index contributed by atoms with van der Waals surface area (Å²) >= 11 is 9.36. The molecule has 0 aliphatic carbocycles. The molecule has 1 saturated heterocycles. The highest BCUT2D eigenvalue weighted by atomic mass is 79.9. The van der Waals surface area contributed by atoms with E-state index in [0.717, 1.165) is 47.9 Å². The fourth-order valence-electron chi connectivity index (χ4n) is 2.55. The Morgan fingerprint density at radius 3 is 2.33 bits per heavy atom. The van der Waals surface area contributed by atoms with Crippen LogP contribution in [0.1, 0.15) is 5.69 Å². The van der Waals surface area contributed by atoms with Crippen molar-refractivity contribution in [3.05, 3.63) is 57.8 Å². The van der Waals surface area contributed by atoms with E-state index in [2.05, 4.69) is 48.9 Å². The van der Waals surface area contributed by atoms with E-state index in [1.165, 1.54) is 5.69 Å². The third-order valence-electron chi connectivity index (χ3n) is 3.74. The summed E-state index contributed by atoms with van der Waals surface area (Å²) in [7, 11) is 0. The molecule has 110 valence electrons. The first-order valence-corrected chi connectivity index (χ1v) is 8.21. The van der Waals surface area contributed by atoms with E-state index < -0.39 is 0 Å². The second kappa shape index (κ2) is 6.77. The second-order valence-corrected chi connectivity index (χ2v) is 6.56. The molecule has 0 spiro atoms. The van der Waals surface area contributed by atoms with Gasteiger partial charge >= 0.3 is 0 Å². The molecule has 21 heavy (non-hydrogen) atoms. The van der Waals surface area contributed by atoms with Crippen molar-refractivity contribution in [1.29, 1.82) is 0 Å². The van der Waals surface area contributed by atoms with Crippen LogP contribution in [0, 0.1) is 0 Å². The van der Waals surface area contributed by atoms with Gasteiger partial charge in [0.15, 0.2) is 0 Å². The SMILES string of the molecule is Clc1ccc(N2CCN(Cc3ccc(Br)cn3)CC2)cc1. The maximum Gasteiger partial charge on any atom is 0.0544 e. The number of anilines is 1. The predicted molar refractivity (Wildman–Crippen MR) is 90.9 cm³/mol. The molecule has 2 heterocycles. The molecule has 1 aromatic heterocycles. The summed E-state index contributed by atoms with van der Waals surface area (Å²) in [5.74, 6) is 0. The van der Waals surface area contributed by atoms with Gasteiger partial charge in [-0.1, -0.05) is 11.6 Å². The molecule has 0 saturated carbocycles. The fourth-order valence-corrected chi connectivity index (χ4v) is 2.91. The first kappa shape index (κ1) is 14.8. The summed E-state index contributed by atoms with van der Waals surface area (Å²) in [6.45, 7) is 5.11. The number of pyridine rings is 1. The van der Waals surface area contributed by atoms with Gasteiger partial charge in [-0.2, -0.15) is 0 Å². The molecule has 5 heteroatoms. The summed E-state index contributed by atoms with van der Waals surface area (Å²) in [6, 6.07) is 12.2. The fraction of sp³-hybridized carbons (Fsp3) is 0.312. The van der Waals surface area contributed by atoms with Crippen molar-refractivity contribution in [3.63, 3.8) is 0 Å². The Bertz CT molecular complexity index is 577. The van der Waals surface area contributed by atoms with Crippen LogP contribution in [0.3, 0.4) is 0 Å². The van der Waals surface area contributed by atoms with Crippen LogP contribution >= 0.6 is 27.5 Å². The summed E-state index contributed by atoms with van der Waals surface area (Å²) in [5.41, 5.74) is 2.37. The maximum absolute atomic E-state index is 5.94. The minimum atomic E-state index is 0.790. The van der Waals surface area contributed by atoms with Crippen LogP contribution in [0.15, 0.2) is 47.1 Å². The summed E-state index contributed by atoms with van der Waals surface area (Å²) in [4.78, 5) is 9.29. The number of aromatic nitrogens is 1. The van der Waals surface area contributed by atoms with Crippen LogP contribution in [0.4, 0.5) is 5.69 Å². The van der Waals surface area contributed by atoms with Crippen molar-refractivity contribution < 1.29 is 0 Å². The number of benzene rings is 1. The first-order chi connectivity index (χ1) is 10.2. The van der Waals surface area contributed by atoms with E-state index in [9.17, 15) is 0 Å². The van der Waals surface area contributed by atoms with E-state index >= 15 is 0 Å². The molecule has 3 nitrogen and oxygen atoms in total. The number of rotatable bonds is 3. The molecule has 0 amide bonds. The highest BCUT2D eigenvalue weighted by Gasteiger charge is 2.17. The van der Waals surface area contributed by atoms with Gasteiger partial charge < -0.3 is 4.90 Å². The molecule has 3 rings (SSSR count). The minimum Gasteiger partial charge on any atom is -0.369 e. The molecule has 0 atom stereocenters. The van der Waals surface area contributed by atoms with E-state index in [0.29, 0.717) is 0 Å². The molecule has 1 aromatic carbocycles. The number of hydrogen-bond donors (Lipinski definition) is 0. The van der Waals surface area contributed by atoms with E-state index in [1.54, 1.807) is 0 Å². The van der Waals surface area contributed by atoms with Crippen LogP contribution in [0.25, 0.3) is 0 Å². The van der Waals surface area contributed by atoms with Crippen molar-refractivity contribution in [2.45, 2.75) is 6.54 Å². The third kappa shape index (κ3) is 3.96. The second-order valence-electron chi connectivity index (χ2n) is 5.21. The Morgan fingerprint density at radius 1 is 1.00 bits per heavy atom. The van der Waals surface area contributed by atoms with Gasteiger partial charge in [0.25, 0.3) is 0 Å². The van der Waals surface area contributed by atoms with Gasteiger partial charge in [-0.3, -0.25) is 9.88 Å². The Balaban J connectivity index is 1.55. The third-order valence-corrected chi connectivity index (χ3v) is 4.46. The summed E-state index contributed by atoms with van der Waals surface area (Å²) < 4.78 is 1.03. The number of nitrogens with zero attached hydrogens (tertiary/aromatic N) is 3. The van der Waals surface area contributed by atoms with Crippen molar-refractivity contribution in [2.24, 2.45) is 0 Å². The molecular weight excluding hydrogens is 350 g/mol. The highest BCUT2D eigenvalue weighted by molar-refractivity contribution is 9.10. The molecule has 0 bridgehead atoms. The Labute approximate surface area is 138 Å². The number of hydrogen-bond acceptors (Lipinski definition) is 3. The lowest BCUT2D eigenvalue weighted by Crippen LogP contribution is -2.46. The zero-order valence-corrected chi connectivity index (χ0v) is 14.0. The first-order valence-electron chi connectivity index (χ1n) is 7.04. The normalized spacial score (nSPS) is 16.2. The Morgan fingerprint density at radius 2 is 1.71 bits per heavy atom. The molecule has 1 aliphatic rings. The standard InChI is InChI=1S/C16H17BrClN3/c17-13-1-4-15(19-11-13)12-20-7-9-21(10-8-20)16-5-2-14(18)3-6-16/h1-6,11H,7-10,12H2. The van der Waals surface area contributed by atoms with Crippen molar-refractivity contribution >= 4 is 33.2 Å². The maximum atomic E-state index is 5.94.